The molecule has 1 aromatic heterocycles. The van der Waals surface area contributed by atoms with E-state index in [9.17, 15) is 9.59 Å². The number of nitrogens with zero attached hydrogens (tertiary/aromatic N) is 3. The summed E-state index contributed by atoms with van der Waals surface area (Å²) < 4.78 is 6.70. The summed E-state index contributed by atoms with van der Waals surface area (Å²) in [5.41, 5.74) is 1.60. The van der Waals surface area contributed by atoms with Crippen LogP contribution in [0.1, 0.15) is 17.4 Å². The summed E-state index contributed by atoms with van der Waals surface area (Å²) in [6, 6.07) is 13.3. The van der Waals surface area contributed by atoms with Gasteiger partial charge in [0.05, 0.1) is 6.61 Å². The van der Waals surface area contributed by atoms with Crippen LogP contribution >= 0.6 is 11.6 Å². The number of imide groups is 1. The Morgan fingerprint density at radius 3 is 2.56 bits per heavy atom. The average Bonchev–Trinajstić information content (AvgIpc) is 2.88. The molecule has 0 unspecified atom stereocenters. The first-order valence-corrected chi connectivity index (χ1v) is 8.11. The lowest BCUT2D eigenvalue weighted by atomic mass is 10.2. The number of carbonyl (C=O) groups is 2. The first kappa shape index (κ1) is 15.5. The van der Waals surface area contributed by atoms with E-state index in [1.807, 2.05) is 6.92 Å². The van der Waals surface area contributed by atoms with E-state index in [1.54, 1.807) is 48.5 Å². The van der Waals surface area contributed by atoms with E-state index in [1.165, 1.54) is 4.57 Å². The summed E-state index contributed by atoms with van der Waals surface area (Å²) in [5.74, 6) is 0.165. The molecule has 0 N–H and O–H groups in total. The molecule has 7 heteroatoms. The van der Waals surface area contributed by atoms with E-state index in [0.29, 0.717) is 29.1 Å². The van der Waals surface area contributed by atoms with Gasteiger partial charge in [-0.05, 0) is 43.3 Å². The molecule has 3 aromatic rings. The molecule has 4 rings (SSSR count). The summed E-state index contributed by atoms with van der Waals surface area (Å²) >= 11 is 6.18. The number of carbonyl (C=O) groups excluding carboxylic acids is 2. The monoisotopic (exact) mass is 354 g/mol. The number of amides is 2. The molecule has 25 heavy (non-hydrogen) atoms. The Balaban J connectivity index is 1.85. The molecule has 1 aliphatic heterocycles. The van der Waals surface area contributed by atoms with E-state index in [2.05, 4.69) is 4.98 Å². The number of hydrogen-bond donors (Lipinski definition) is 0. The lowest BCUT2D eigenvalue weighted by molar-refractivity contribution is -0.537. The molecule has 2 amide bonds. The lowest BCUT2D eigenvalue weighted by Gasteiger charge is -2.06. The van der Waals surface area contributed by atoms with E-state index >= 15 is 0 Å². The third kappa shape index (κ3) is 2.34. The maximum Gasteiger partial charge on any atom is 0.512 e. The van der Waals surface area contributed by atoms with Crippen molar-refractivity contribution >= 4 is 40.3 Å². The lowest BCUT2D eigenvalue weighted by Crippen LogP contribution is -2.46. The summed E-state index contributed by atoms with van der Waals surface area (Å²) in [7, 11) is 0. The number of fused-ring (bicyclic) bond motifs is 3. The highest BCUT2D eigenvalue weighted by molar-refractivity contribution is 6.35. The Kier molecular flexibility index (Phi) is 3.62. The summed E-state index contributed by atoms with van der Waals surface area (Å²) in [5, 5.41) is 0.00508. The van der Waals surface area contributed by atoms with E-state index in [0.717, 1.165) is 4.90 Å². The normalized spacial score (nSPS) is 13.4. The minimum absolute atomic E-state index is 0.00508. The van der Waals surface area contributed by atoms with Crippen molar-refractivity contribution in [2.45, 2.75) is 6.92 Å². The molecule has 6 nitrogen and oxygen atoms in total. The fraction of sp³-hybridized carbons (Fsp3) is 0.111. The van der Waals surface area contributed by atoms with Crippen LogP contribution < -0.4 is 14.2 Å². The van der Waals surface area contributed by atoms with Gasteiger partial charge in [-0.1, -0.05) is 23.7 Å². The topological polar surface area (TPSA) is 63.4 Å². The van der Waals surface area contributed by atoms with E-state index < -0.39 is 11.9 Å². The van der Waals surface area contributed by atoms with Crippen molar-refractivity contribution in [3.63, 3.8) is 0 Å². The van der Waals surface area contributed by atoms with Crippen LogP contribution in [0.25, 0.3) is 11.0 Å². The standard InChI is InChI=1S/C18H13ClN3O3/c1-2-25-12-9-7-11(8-10-12)21-17(23)15-16(19)20-13-5-3-4-6-14(13)22(15)18(21)24/h3-10H,2H2,1H3/q+1. The van der Waals surface area contributed by atoms with Gasteiger partial charge in [-0.2, -0.15) is 4.79 Å². The Bertz CT molecular complexity index is 1020. The van der Waals surface area contributed by atoms with Gasteiger partial charge < -0.3 is 4.74 Å². The van der Waals surface area contributed by atoms with Crippen LogP contribution in [0.5, 0.6) is 5.75 Å². The predicted molar refractivity (Wildman–Crippen MR) is 92.2 cm³/mol. The molecule has 0 saturated carbocycles. The molecular weight excluding hydrogens is 342 g/mol. The van der Waals surface area contributed by atoms with Gasteiger partial charge in [-0.3, -0.25) is 0 Å². The van der Waals surface area contributed by atoms with Gasteiger partial charge in [0.15, 0.2) is 10.7 Å². The second-order valence-electron chi connectivity index (χ2n) is 5.43. The molecule has 0 saturated heterocycles. The van der Waals surface area contributed by atoms with Gasteiger partial charge in [0.1, 0.15) is 17.0 Å². The SMILES string of the molecule is CCOc1ccc(N2C(=O)c3c(Cl)nc4ccccc4[n+]3C2=O)cc1. The largest absolute Gasteiger partial charge is 0.512 e. The van der Waals surface area contributed by atoms with Crippen LogP contribution in [0.3, 0.4) is 0 Å². The van der Waals surface area contributed by atoms with Crippen molar-refractivity contribution < 1.29 is 18.9 Å². The molecule has 124 valence electrons. The Labute approximate surface area is 148 Å². The zero-order chi connectivity index (χ0) is 17.6. The molecule has 1 aliphatic rings. The maximum absolute atomic E-state index is 12.9. The van der Waals surface area contributed by atoms with Crippen molar-refractivity contribution in [1.82, 2.24) is 4.98 Å². The highest BCUT2D eigenvalue weighted by atomic mass is 35.5. The van der Waals surface area contributed by atoms with Crippen LogP contribution in [0.2, 0.25) is 5.15 Å². The first-order valence-electron chi connectivity index (χ1n) is 7.73. The number of rotatable bonds is 3. The molecule has 0 atom stereocenters. The molecule has 2 aromatic carbocycles. The van der Waals surface area contributed by atoms with Crippen LogP contribution in [-0.4, -0.2) is 23.5 Å². The van der Waals surface area contributed by atoms with Crippen LogP contribution in [0.4, 0.5) is 10.5 Å². The molecule has 0 aliphatic carbocycles. The molecule has 0 spiro atoms. The van der Waals surface area contributed by atoms with Gasteiger partial charge in [0.25, 0.3) is 5.69 Å². The average molecular weight is 355 g/mol. The van der Waals surface area contributed by atoms with Crippen molar-refractivity contribution in [2.24, 2.45) is 0 Å². The van der Waals surface area contributed by atoms with E-state index in [-0.39, 0.29) is 10.8 Å². The Morgan fingerprint density at radius 1 is 1.12 bits per heavy atom. The third-order valence-corrected chi connectivity index (χ3v) is 4.22. The van der Waals surface area contributed by atoms with Crippen LogP contribution in [0.15, 0.2) is 48.5 Å². The second-order valence-corrected chi connectivity index (χ2v) is 5.78. The van der Waals surface area contributed by atoms with E-state index in [4.69, 9.17) is 16.3 Å². The minimum Gasteiger partial charge on any atom is -0.494 e. The van der Waals surface area contributed by atoms with Crippen LogP contribution in [0, 0.1) is 0 Å². The molecular formula is C18H13ClN3O3+. The Hall–Kier alpha value is -2.99. The summed E-state index contributed by atoms with van der Waals surface area (Å²) in [6.45, 7) is 2.42. The van der Waals surface area contributed by atoms with Crippen molar-refractivity contribution in [2.75, 3.05) is 11.5 Å². The second kappa shape index (κ2) is 5.82. The number of anilines is 1. The highest BCUT2D eigenvalue weighted by Crippen LogP contribution is 2.27. The fourth-order valence-electron chi connectivity index (χ4n) is 2.88. The molecule has 0 radical (unpaired) electrons. The van der Waals surface area contributed by atoms with Gasteiger partial charge >= 0.3 is 11.9 Å². The molecule has 2 heterocycles. The number of para-hydroxylation sites is 2. The maximum atomic E-state index is 12.9. The minimum atomic E-state index is -0.502. The van der Waals surface area contributed by atoms with Crippen molar-refractivity contribution in [3.8, 4) is 5.75 Å². The highest BCUT2D eigenvalue weighted by Gasteiger charge is 2.50. The molecule has 0 fully saturated rings. The van der Waals surface area contributed by atoms with Gasteiger partial charge in [0, 0.05) is 0 Å². The predicted octanol–water partition coefficient (Wildman–Crippen LogP) is 3.20. The number of aromatic nitrogens is 2. The number of benzene rings is 2. The van der Waals surface area contributed by atoms with Crippen molar-refractivity contribution in [3.05, 3.63) is 59.4 Å². The Morgan fingerprint density at radius 2 is 1.84 bits per heavy atom. The zero-order valence-electron chi connectivity index (χ0n) is 13.3. The van der Waals surface area contributed by atoms with Gasteiger partial charge in [-0.25, -0.2) is 9.78 Å². The number of halogens is 1. The number of ether oxygens (including phenoxy) is 1. The smallest absolute Gasteiger partial charge is 0.494 e. The zero-order valence-corrected chi connectivity index (χ0v) is 14.0. The van der Waals surface area contributed by atoms with Crippen LogP contribution in [-0.2, 0) is 0 Å². The summed E-state index contributed by atoms with van der Waals surface area (Å²) in [6.07, 6.45) is 0. The van der Waals surface area contributed by atoms with Gasteiger partial charge in [0.2, 0.25) is 0 Å². The quantitative estimate of drug-likeness (QED) is 0.677. The number of hydrogen-bond acceptors (Lipinski definition) is 4. The van der Waals surface area contributed by atoms with Crippen molar-refractivity contribution in [1.29, 1.82) is 0 Å². The summed E-state index contributed by atoms with van der Waals surface area (Å²) in [4.78, 5) is 31.1. The first-order chi connectivity index (χ1) is 12.1. The third-order valence-electron chi connectivity index (χ3n) is 3.95. The molecule has 0 bridgehead atoms. The fourth-order valence-corrected chi connectivity index (χ4v) is 3.14. The van der Waals surface area contributed by atoms with Gasteiger partial charge in [-0.15, -0.1) is 9.47 Å².